The van der Waals surface area contributed by atoms with Gasteiger partial charge < -0.3 is 5.73 Å². The minimum atomic E-state index is 0.679. The van der Waals surface area contributed by atoms with Gasteiger partial charge >= 0.3 is 0 Å². The number of rotatable bonds is 4. The molecule has 0 aliphatic heterocycles. The molecule has 2 nitrogen and oxygen atoms in total. The number of nitrogens with zero attached hydrogens (tertiary/aromatic N) is 1. The van der Waals surface area contributed by atoms with E-state index >= 15 is 0 Å². The van der Waals surface area contributed by atoms with Gasteiger partial charge in [-0.15, -0.1) is 11.3 Å². The largest absolute Gasteiger partial charge is 0.375 e. The van der Waals surface area contributed by atoms with Gasteiger partial charge in [-0.1, -0.05) is 19.4 Å². The summed E-state index contributed by atoms with van der Waals surface area (Å²) in [6.07, 6.45) is 3.03. The molecule has 0 bridgehead atoms. The van der Waals surface area contributed by atoms with Gasteiger partial charge in [0.2, 0.25) is 0 Å². The van der Waals surface area contributed by atoms with Gasteiger partial charge in [0.25, 0.3) is 0 Å². The third kappa shape index (κ3) is 3.45. The molecule has 0 unspecified atom stereocenters. The van der Waals surface area contributed by atoms with Gasteiger partial charge in [-0.3, -0.25) is 0 Å². The number of hydrogen-bond donors (Lipinski definition) is 1. The normalized spacial score (nSPS) is 10.8. The highest BCUT2D eigenvalue weighted by molar-refractivity contribution is 14.1. The molecular formula is C13H14BrIN2S. The molecule has 2 rings (SSSR count). The standard InChI is InChI=1S/C13H14BrIN2S/c1-2-3-11-12(18-13(16)17-11)7-8-4-5-10(15)9(14)6-8/h4-6H,2-3,7H2,1H3,(H2,16,17). The lowest BCUT2D eigenvalue weighted by Crippen LogP contribution is -1.93. The van der Waals surface area contributed by atoms with E-state index in [9.17, 15) is 0 Å². The lowest BCUT2D eigenvalue weighted by molar-refractivity contribution is 0.879. The smallest absolute Gasteiger partial charge is 0.180 e. The Morgan fingerprint density at radius 2 is 2.22 bits per heavy atom. The first-order valence-corrected chi connectivity index (χ1v) is 8.47. The fourth-order valence-corrected chi connectivity index (χ4v) is 3.48. The first-order chi connectivity index (χ1) is 8.60. The fraction of sp³-hybridized carbons (Fsp3) is 0.308. The first-order valence-electron chi connectivity index (χ1n) is 5.78. The average Bonchev–Trinajstić information content (AvgIpc) is 2.65. The van der Waals surface area contributed by atoms with Gasteiger partial charge in [0.15, 0.2) is 5.13 Å². The second-order valence-corrected chi connectivity index (χ2v) is 7.23. The van der Waals surface area contributed by atoms with Gasteiger partial charge in [0.1, 0.15) is 0 Å². The molecule has 1 aromatic carbocycles. The Bertz CT molecular complexity index is 554. The van der Waals surface area contributed by atoms with Gasteiger partial charge in [0, 0.05) is 19.3 Å². The zero-order valence-electron chi connectivity index (χ0n) is 10.0. The van der Waals surface area contributed by atoms with Crippen molar-refractivity contribution in [2.45, 2.75) is 26.2 Å². The van der Waals surface area contributed by atoms with Crippen molar-refractivity contribution in [3.05, 3.63) is 42.4 Å². The SMILES string of the molecule is CCCc1nc(N)sc1Cc1ccc(I)c(Br)c1. The molecule has 0 saturated heterocycles. The van der Waals surface area contributed by atoms with Crippen molar-refractivity contribution < 1.29 is 0 Å². The summed E-state index contributed by atoms with van der Waals surface area (Å²) < 4.78 is 2.38. The van der Waals surface area contributed by atoms with Crippen LogP contribution >= 0.6 is 49.9 Å². The average molecular weight is 437 g/mol. The Balaban J connectivity index is 2.24. The highest BCUT2D eigenvalue weighted by Crippen LogP contribution is 2.27. The van der Waals surface area contributed by atoms with Gasteiger partial charge in [-0.05, 0) is 62.6 Å². The van der Waals surface area contributed by atoms with Crippen LogP contribution in [0.4, 0.5) is 5.13 Å². The molecule has 1 aromatic heterocycles. The van der Waals surface area contributed by atoms with Crippen LogP contribution in [0.2, 0.25) is 0 Å². The van der Waals surface area contributed by atoms with Crippen molar-refractivity contribution in [1.82, 2.24) is 4.98 Å². The molecule has 1 heterocycles. The topological polar surface area (TPSA) is 38.9 Å². The van der Waals surface area contributed by atoms with Gasteiger partial charge in [0.05, 0.1) is 5.69 Å². The van der Waals surface area contributed by atoms with E-state index in [2.05, 4.69) is 68.6 Å². The van der Waals surface area contributed by atoms with Crippen molar-refractivity contribution in [3.8, 4) is 0 Å². The Labute approximate surface area is 133 Å². The van der Waals surface area contributed by atoms with E-state index < -0.39 is 0 Å². The second-order valence-electron chi connectivity index (χ2n) is 4.10. The highest BCUT2D eigenvalue weighted by Gasteiger charge is 2.10. The van der Waals surface area contributed by atoms with Crippen molar-refractivity contribution in [2.24, 2.45) is 0 Å². The first kappa shape index (κ1) is 14.3. The fourth-order valence-electron chi connectivity index (χ4n) is 1.81. The van der Waals surface area contributed by atoms with Crippen LogP contribution in [0.25, 0.3) is 0 Å². The van der Waals surface area contributed by atoms with E-state index in [1.165, 1.54) is 14.0 Å². The number of halogens is 2. The number of thiazole rings is 1. The van der Waals surface area contributed by atoms with E-state index in [1.807, 2.05) is 0 Å². The molecule has 0 spiro atoms. The third-order valence-corrected chi connectivity index (χ3v) is 5.90. The van der Waals surface area contributed by atoms with Crippen LogP contribution in [0.5, 0.6) is 0 Å². The quantitative estimate of drug-likeness (QED) is 0.709. The Morgan fingerprint density at radius 3 is 2.89 bits per heavy atom. The van der Waals surface area contributed by atoms with Crippen molar-refractivity contribution >= 4 is 55.0 Å². The molecule has 0 atom stereocenters. The maximum Gasteiger partial charge on any atom is 0.180 e. The van der Waals surface area contributed by atoms with Crippen LogP contribution in [0.15, 0.2) is 22.7 Å². The van der Waals surface area contributed by atoms with Gasteiger partial charge in [-0.2, -0.15) is 0 Å². The molecule has 0 aliphatic rings. The Morgan fingerprint density at radius 1 is 1.44 bits per heavy atom. The maximum absolute atomic E-state index is 5.81. The summed E-state index contributed by atoms with van der Waals surface area (Å²) in [7, 11) is 0. The predicted octanol–water partition coefficient (Wildman–Crippen LogP) is 4.64. The lowest BCUT2D eigenvalue weighted by Gasteiger charge is -2.03. The molecular weight excluding hydrogens is 423 g/mol. The second kappa shape index (κ2) is 6.34. The monoisotopic (exact) mass is 436 g/mol. The summed E-state index contributed by atoms with van der Waals surface area (Å²) in [5.41, 5.74) is 8.27. The predicted molar refractivity (Wildman–Crippen MR) is 90.2 cm³/mol. The molecule has 18 heavy (non-hydrogen) atoms. The summed E-state index contributed by atoms with van der Waals surface area (Å²) in [5, 5.41) is 0.679. The maximum atomic E-state index is 5.81. The van der Waals surface area contributed by atoms with Gasteiger partial charge in [-0.25, -0.2) is 4.98 Å². The van der Waals surface area contributed by atoms with Crippen molar-refractivity contribution in [2.75, 3.05) is 5.73 Å². The zero-order chi connectivity index (χ0) is 13.1. The Kier molecular flexibility index (Phi) is 5.03. The van der Waals surface area contributed by atoms with E-state index in [0.717, 1.165) is 29.4 Å². The number of hydrogen-bond acceptors (Lipinski definition) is 3. The molecule has 0 fully saturated rings. The van der Waals surface area contributed by atoms with Crippen LogP contribution in [0.1, 0.15) is 29.5 Å². The molecule has 0 amide bonds. The van der Waals surface area contributed by atoms with Crippen LogP contribution in [0.3, 0.4) is 0 Å². The zero-order valence-corrected chi connectivity index (χ0v) is 14.6. The summed E-state index contributed by atoms with van der Waals surface area (Å²) in [5.74, 6) is 0. The number of aromatic nitrogens is 1. The van der Waals surface area contributed by atoms with E-state index in [1.54, 1.807) is 11.3 Å². The number of aryl methyl sites for hydroxylation is 1. The molecule has 2 N–H and O–H groups in total. The number of anilines is 1. The van der Waals surface area contributed by atoms with Crippen LogP contribution < -0.4 is 5.73 Å². The highest BCUT2D eigenvalue weighted by atomic mass is 127. The van der Waals surface area contributed by atoms with Crippen LogP contribution in [-0.2, 0) is 12.8 Å². The molecule has 0 aliphatic carbocycles. The van der Waals surface area contributed by atoms with E-state index in [-0.39, 0.29) is 0 Å². The molecule has 96 valence electrons. The summed E-state index contributed by atoms with van der Waals surface area (Å²) >= 11 is 7.50. The van der Waals surface area contributed by atoms with E-state index in [4.69, 9.17) is 5.73 Å². The minimum Gasteiger partial charge on any atom is -0.375 e. The van der Waals surface area contributed by atoms with E-state index in [0.29, 0.717) is 5.13 Å². The minimum absolute atomic E-state index is 0.679. The Hall–Kier alpha value is -0.140. The lowest BCUT2D eigenvalue weighted by atomic mass is 10.1. The molecule has 5 heteroatoms. The number of benzene rings is 1. The number of nitrogen functional groups attached to an aromatic ring is 1. The van der Waals surface area contributed by atoms with Crippen LogP contribution in [0, 0.1) is 3.57 Å². The molecule has 0 radical (unpaired) electrons. The summed E-state index contributed by atoms with van der Waals surface area (Å²) in [4.78, 5) is 5.71. The van der Waals surface area contributed by atoms with Crippen molar-refractivity contribution in [3.63, 3.8) is 0 Å². The summed E-state index contributed by atoms with van der Waals surface area (Å²) in [6.45, 7) is 2.17. The molecule has 2 aromatic rings. The van der Waals surface area contributed by atoms with Crippen LogP contribution in [-0.4, -0.2) is 4.98 Å². The number of nitrogens with two attached hydrogens (primary N) is 1. The summed E-state index contributed by atoms with van der Waals surface area (Å²) in [6, 6.07) is 6.47. The molecule has 0 saturated carbocycles. The van der Waals surface area contributed by atoms with Crippen molar-refractivity contribution in [1.29, 1.82) is 0 Å². The third-order valence-electron chi connectivity index (χ3n) is 2.63.